The quantitative estimate of drug-likeness (QED) is 0.176. The third-order valence-corrected chi connectivity index (χ3v) is 10.2. The van der Waals surface area contributed by atoms with E-state index < -0.39 is 0 Å². The number of benzene rings is 9. The van der Waals surface area contributed by atoms with E-state index in [1.807, 2.05) is 0 Å². The van der Waals surface area contributed by atoms with Gasteiger partial charge >= 0.3 is 0 Å². The predicted molar refractivity (Wildman–Crippen MR) is 220 cm³/mol. The van der Waals surface area contributed by atoms with Crippen LogP contribution in [0.2, 0.25) is 0 Å². The molecule has 0 amide bonds. The minimum Gasteiger partial charge on any atom is -0.455 e. The molecule has 244 valence electrons. The summed E-state index contributed by atoms with van der Waals surface area (Å²) in [6, 6.07) is 71.6. The smallest absolute Gasteiger partial charge is 0.143 e. The Kier molecular flexibility index (Phi) is 7.18. The first-order chi connectivity index (χ1) is 25.8. The zero-order chi connectivity index (χ0) is 34.4. The van der Waals surface area contributed by atoms with Crippen LogP contribution in [-0.2, 0) is 0 Å². The third-order valence-electron chi connectivity index (χ3n) is 10.2. The molecule has 0 aliphatic heterocycles. The zero-order valence-corrected chi connectivity index (χ0v) is 28.4. The molecule has 0 bridgehead atoms. The monoisotopic (exact) mass is 663 g/mol. The molecule has 10 aromatic rings. The Labute approximate surface area is 302 Å². The van der Waals surface area contributed by atoms with E-state index in [-0.39, 0.29) is 0 Å². The number of hydrogen-bond acceptors (Lipinski definition) is 2. The normalized spacial score (nSPS) is 11.5. The van der Waals surface area contributed by atoms with Gasteiger partial charge in [-0.15, -0.1) is 0 Å². The van der Waals surface area contributed by atoms with Crippen molar-refractivity contribution in [2.45, 2.75) is 0 Å². The Bertz CT molecular complexity index is 2870. The molecule has 1 heterocycles. The van der Waals surface area contributed by atoms with Crippen molar-refractivity contribution < 1.29 is 4.42 Å². The van der Waals surface area contributed by atoms with Crippen LogP contribution in [0, 0.1) is 0 Å². The number of furan rings is 1. The van der Waals surface area contributed by atoms with Crippen LogP contribution in [0.3, 0.4) is 0 Å². The first-order valence-electron chi connectivity index (χ1n) is 17.8. The van der Waals surface area contributed by atoms with E-state index in [0.29, 0.717) is 0 Å². The predicted octanol–water partition coefficient (Wildman–Crippen LogP) is 14.4. The average Bonchev–Trinajstić information content (AvgIpc) is 3.61. The van der Waals surface area contributed by atoms with E-state index in [4.69, 9.17) is 4.42 Å². The van der Waals surface area contributed by atoms with Gasteiger partial charge in [-0.1, -0.05) is 146 Å². The Morgan fingerprint density at radius 2 is 0.885 bits per heavy atom. The molecule has 0 spiro atoms. The second-order valence-electron chi connectivity index (χ2n) is 13.4. The lowest BCUT2D eigenvalue weighted by Gasteiger charge is -2.25. The van der Waals surface area contributed by atoms with Gasteiger partial charge in [0.25, 0.3) is 0 Å². The molecule has 0 unspecified atom stereocenters. The Hall–Kier alpha value is -6.90. The van der Waals surface area contributed by atoms with Gasteiger partial charge in [0.2, 0.25) is 0 Å². The summed E-state index contributed by atoms with van der Waals surface area (Å²) in [4.78, 5) is 2.33. The lowest BCUT2D eigenvalue weighted by Crippen LogP contribution is -2.09. The van der Waals surface area contributed by atoms with Gasteiger partial charge in [0.15, 0.2) is 0 Å². The molecule has 2 heteroatoms. The van der Waals surface area contributed by atoms with Crippen LogP contribution in [0.15, 0.2) is 205 Å². The summed E-state index contributed by atoms with van der Waals surface area (Å²) in [5.74, 6) is 0. The maximum Gasteiger partial charge on any atom is 0.143 e. The molecule has 0 saturated carbocycles. The van der Waals surface area contributed by atoms with Gasteiger partial charge < -0.3 is 9.32 Å². The SMILES string of the molecule is c1ccc(-c2ccc(-c3cc4ccccc4c4oc5ccc(N(c6ccccc6)c6ccc(-c7ccc8ccccc8c7)cc6)cc5c34)cc2)cc1. The fraction of sp³-hybridized carbons (Fsp3) is 0. The topological polar surface area (TPSA) is 16.4 Å². The van der Waals surface area contributed by atoms with E-state index in [9.17, 15) is 0 Å². The van der Waals surface area contributed by atoms with Gasteiger partial charge in [-0.05, 0) is 104 Å². The van der Waals surface area contributed by atoms with Crippen molar-refractivity contribution in [1.82, 2.24) is 0 Å². The Morgan fingerprint density at radius 1 is 0.327 bits per heavy atom. The molecule has 9 aromatic carbocycles. The largest absolute Gasteiger partial charge is 0.455 e. The molecule has 0 saturated heterocycles. The first-order valence-corrected chi connectivity index (χ1v) is 17.8. The van der Waals surface area contributed by atoms with Crippen molar-refractivity contribution in [1.29, 1.82) is 0 Å². The van der Waals surface area contributed by atoms with E-state index in [0.717, 1.165) is 60.9 Å². The van der Waals surface area contributed by atoms with Crippen molar-refractivity contribution in [2.75, 3.05) is 4.90 Å². The van der Waals surface area contributed by atoms with E-state index in [1.165, 1.54) is 33.0 Å². The van der Waals surface area contributed by atoms with Crippen LogP contribution in [0.25, 0.3) is 76.9 Å². The number of para-hydroxylation sites is 1. The molecule has 0 aliphatic rings. The zero-order valence-electron chi connectivity index (χ0n) is 28.4. The summed E-state index contributed by atoms with van der Waals surface area (Å²) < 4.78 is 6.74. The highest BCUT2D eigenvalue weighted by molar-refractivity contribution is 6.21. The highest BCUT2D eigenvalue weighted by Gasteiger charge is 2.20. The molecule has 1 aromatic heterocycles. The minimum absolute atomic E-state index is 0.872. The lowest BCUT2D eigenvalue weighted by molar-refractivity contribution is 0.673. The average molecular weight is 664 g/mol. The summed E-state index contributed by atoms with van der Waals surface area (Å²) in [6.45, 7) is 0. The van der Waals surface area contributed by atoms with Crippen LogP contribution in [-0.4, -0.2) is 0 Å². The molecular weight excluding hydrogens is 631 g/mol. The van der Waals surface area contributed by atoms with Crippen LogP contribution in [0.4, 0.5) is 17.1 Å². The van der Waals surface area contributed by atoms with Crippen molar-refractivity contribution in [3.8, 4) is 33.4 Å². The molecule has 10 rings (SSSR count). The van der Waals surface area contributed by atoms with Crippen molar-refractivity contribution in [3.63, 3.8) is 0 Å². The molecule has 52 heavy (non-hydrogen) atoms. The molecule has 0 aliphatic carbocycles. The highest BCUT2D eigenvalue weighted by atomic mass is 16.3. The summed E-state index contributed by atoms with van der Waals surface area (Å²) in [5.41, 5.74) is 12.2. The second kappa shape index (κ2) is 12.5. The number of nitrogens with zero attached hydrogens (tertiary/aromatic N) is 1. The summed E-state index contributed by atoms with van der Waals surface area (Å²) in [5, 5.41) is 6.99. The van der Waals surface area contributed by atoms with Crippen molar-refractivity contribution in [3.05, 3.63) is 200 Å². The fourth-order valence-corrected chi connectivity index (χ4v) is 7.64. The van der Waals surface area contributed by atoms with Crippen molar-refractivity contribution >= 4 is 60.5 Å². The van der Waals surface area contributed by atoms with Crippen LogP contribution < -0.4 is 4.90 Å². The van der Waals surface area contributed by atoms with Crippen LogP contribution in [0.1, 0.15) is 0 Å². The fourth-order valence-electron chi connectivity index (χ4n) is 7.64. The summed E-state index contributed by atoms with van der Waals surface area (Å²) >= 11 is 0. The summed E-state index contributed by atoms with van der Waals surface area (Å²) in [6.07, 6.45) is 0. The molecule has 0 fully saturated rings. The van der Waals surface area contributed by atoms with Crippen molar-refractivity contribution in [2.24, 2.45) is 0 Å². The van der Waals surface area contributed by atoms with E-state index >= 15 is 0 Å². The second-order valence-corrected chi connectivity index (χ2v) is 13.4. The van der Waals surface area contributed by atoms with Gasteiger partial charge in [0, 0.05) is 33.2 Å². The Morgan fingerprint density at radius 3 is 1.67 bits per heavy atom. The third kappa shape index (κ3) is 5.21. The molecular formula is C50H33NO. The lowest BCUT2D eigenvalue weighted by atomic mass is 9.94. The first kappa shape index (κ1) is 30.0. The Balaban J connectivity index is 1.12. The molecule has 0 atom stereocenters. The maximum absolute atomic E-state index is 6.74. The summed E-state index contributed by atoms with van der Waals surface area (Å²) in [7, 11) is 0. The maximum atomic E-state index is 6.74. The number of hydrogen-bond donors (Lipinski definition) is 0. The highest BCUT2D eigenvalue weighted by Crippen LogP contribution is 2.44. The standard InChI is InChI=1S/C50H33NO/c1-3-11-34(12-4-1)36-19-22-38(23-20-36)46-32-41-15-9-10-18-45(41)50-49(46)47-33-44(29-30-48(47)52-50)51(42-16-5-2-6-17-42)43-27-25-37(26-28-43)40-24-21-35-13-7-8-14-39(35)31-40/h1-33H. The van der Waals surface area contributed by atoms with Gasteiger partial charge in [-0.25, -0.2) is 0 Å². The van der Waals surface area contributed by atoms with E-state index in [1.54, 1.807) is 0 Å². The number of fused-ring (bicyclic) bond motifs is 6. The number of rotatable bonds is 6. The van der Waals surface area contributed by atoms with Crippen LogP contribution >= 0.6 is 0 Å². The molecule has 0 radical (unpaired) electrons. The van der Waals surface area contributed by atoms with E-state index in [2.05, 4.69) is 205 Å². The molecule has 0 N–H and O–H groups in total. The van der Waals surface area contributed by atoms with Gasteiger partial charge in [-0.3, -0.25) is 0 Å². The number of anilines is 3. The molecule has 2 nitrogen and oxygen atoms in total. The van der Waals surface area contributed by atoms with Gasteiger partial charge in [0.05, 0.1) is 0 Å². The van der Waals surface area contributed by atoms with Gasteiger partial charge in [0.1, 0.15) is 11.2 Å². The van der Waals surface area contributed by atoms with Gasteiger partial charge in [-0.2, -0.15) is 0 Å². The van der Waals surface area contributed by atoms with Crippen LogP contribution in [0.5, 0.6) is 0 Å². The minimum atomic E-state index is 0.872.